The Balaban J connectivity index is 2.00. The van der Waals surface area contributed by atoms with Crippen LogP contribution in [0.1, 0.15) is 33.1 Å². The summed E-state index contributed by atoms with van der Waals surface area (Å²) in [5, 5.41) is 0. The topological polar surface area (TPSA) is 9.23 Å². The number of fused-ring (bicyclic) bond motifs is 1. The third-order valence-electron chi connectivity index (χ3n) is 3.41. The minimum atomic E-state index is 0.619. The van der Waals surface area contributed by atoms with Crippen LogP contribution in [0.3, 0.4) is 0 Å². The SMILES string of the molecule is C[C@@H]1CC[C@@H]2[C@H](C1)OC[C@@H]2C. The van der Waals surface area contributed by atoms with E-state index in [-0.39, 0.29) is 0 Å². The molecule has 1 heterocycles. The van der Waals surface area contributed by atoms with Crippen molar-refractivity contribution in [2.75, 3.05) is 6.61 Å². The van der Waals surface area contributed by atoms with E-state index in [9.17, 15) is 0 Å². The van der Waals surface area contributed by atoms with E-state index in [1.54, 1.807) is 0 Å². The number of ether oxygens (including phenoxy) is 1. The Bertz CT molecular complexity index is 144. The fourth-order valence-corrected chi connectivity index (χ4v) is 2.59. The van der Waals surface area contributed by atoms with Gasteiger partial charge in [-0.15, -0.1) is 0 Å². The lowest BCUT2D eigenvalue weighted by Crippen LogP contribution is -2.27. The molecule has 0 spiro atoms. The van der Waals surface area contributed by atoms with Crippen LogP contribution < -0.4 is 0 Å². The van der Waals surface area contributed by atoms with Gasteiger partial charge in [0.25, 0.3) is 0 Å². The average molecular weight is 154 g/mol. The fraction of sp³-hybridized carbons (Fsp3) is 1.00. The highest BCUT2D eigenvalue weighted by Gasteiger charge is 2.37. The summed E-state index contributed by atoms with van der Waals surface area (Å²) in [5.41, 5.74) is 0. The Morgan fingerprint density at radius 2 is 2.00 bits per heavy atom. The second-order valence-electron chi connectivity index (χ2n) is 4.43. The van der Waals surface area contributed by atoms with Gasteiger partial charge in [0, 0.05) is 6.61 Å². The van der Waals surface area contributed by atoms with Gasteiger partial charge in [0.1, 0.15) is 0 Å². The molecule has 1 aliphatic carbocycles. The molecule has 0 N–H and O–H groups in total. The zero-order chi connectivity index (χ0) is 7.84. The third kappa shape index (κ3) is 1.31. The van der Waals surface area contributed by atoms with Crippen molar-refractivity contribution in [2.45, 2.75) is 39.2 Å². The van der Waals surface area contributed by atoms with Crippen molar-refractivity contribution < 1.29 is 4.74 Å². The zero-order valence-electron chi connectivity index (χ0n) is 7.55. The number of hydrogen-bond acceptors (Lipinski definition) is 1. The summed E-state index contributed by atoms with van der Waals surface area (Å²) in [6.45, 7) is 5.70. The Morgan fingerprint density at radius 1 is 1.18 bits per heavy atom. The Hall–Kier alpha value is -0.0400. The minimum Gasteiger partial charge on any atom is -0.378 e. The van der Waals surface area contributed by atoms with Gasteiger partial charge in [0.2, 0.25) is 0 Å². The van der Waals surface area contributed by atoms with E-state index in [1.165, 1.54) is 19.3 Å². The van der Waals surface area contributed by atoms with Crippen molar-refractivity contribution in [3.8, 4) is 0 Å². The van der Waals surface area contributed by atoms with Gasteiger partial charge in [-0.05, 0) is 30.6 Å². The van der Waals surface area contributed by atoms with Gasteiger partial charge in [-0.2, -0.15) is 0 Å². The highest BCUT2D eigenvalue weighted by molar-refractivity contribution is 4.86. The molecule has 1 saturated carbocycles. The molecule has 1 nitrogen and oxygen atoms in total. The van der Waals surface area contributed by atoms with Gasteiger partial charge in [0.15, 0.2) is 0 Å². The molecule has 0 aromatic heterocycles. The van der Waals surface area contributed by atoms with Crippen molar-refractivity contribution in [1.29, 1.82) is 0 Å². The number of rotatable bonds is 0. The van der Waals surface area contributed by atoms with E-state index < -0.39 is 0 Å². The summed E-state index contributed by atoms with van der Waals surface area (Å²) in [7, 11) is 0. The summed E-state index contributed by atoms with van der Waals surface area (Å²) < 4.78 is 5.74. The molecule has 2 rings (SSSR count). The van der Waals surface area contributed by atoms with Crippen LogP contribution in [0.15, 0.2) is 0 Å². The van der Waals surface area contributed by atoms with E-state index >= 15 is 0 Å². The lowest BCUT2D eigenvalue weighted by Gasteiger charge is -2.30. The van der Waals surface area contributed by atoms with Crippen LogP contribution in [0.4, 0.5) is 0 Å². The van der Waals surface area contributed by atoms with Crippen molar-refractivity contribution in [2.24, 2.45) is 17.8 Å². The van der Waals surface area contributed by atoms with Crippen LogP contribution >= 0.6 is 0 Å². The summed E-state index contributed by atoms with van der Waals surface area (Å²) in [6.07, 6.45) is 4.77. The molecule has 0 aromatic rings. The van der Waals surface area contributed by atoms with E-state index in [0.29, 0.717) is 6.10 Å². The van der Waals surface area contributed by atoms with Gasteiger partial charge < -0.3 is 4.74 Å². The van der Waals surface area contributed by atoms with Crippen molar-refractivity contribution >= 4 is 0 Å². The van der Waals surface area contributed by atoms with Crippen molar-refractivity contribution in [3.05, 3.63) is 0 Å². The molecule has 11 heavy (non-hydrogen) atoms. The van der Waals surface area contributed by atoms with Crippen LogP contribution in [0.5, 0.6) is 0 Å². The van der Waals surface area contributed by atoms with Gasteiger partial charge in [-0.25, -0.2) is 0 Å². The quantitative estimate of drug-likeness (QED) is 0.521. The molecule has 64 valence electrons. The Labute approximate surface area is 69.1 Å². The van der Waals surface area contributed by atoms with Gasteiger partial charge in [0.05, 0.1) is 6.10 Å². The summed E-state index contributed by atoms with van der Waals surface area (Å²) in [4.78, 5) is 0. The van der Waals surface area contributed by atoms with Crippen LogP contribution in [0.25, 0.3) is 0 Å². The monoisotopic (exact) mass is 154 g/mol. The fourth-order valence-electron chi connectivity index (χ4n) is 2.59. The molecule has 0 amide bonds. The van der Waals surface area contributed by atoms with E-state index in [2.05, 4.69) is 13.8 Å². The molecular weight excluding hydrogens is 136 g/mol. The molecule has 0 bridgehead atoms. The molecule has 0 aromatic carbocycles. The first-order valence-corrected chi connectivity index (χ1v) is 4.89. The lowest BCUT2D eigenvalue weighted by atomic mass is 9.77. The van der Waals surface area contributed by atoms with Crippen LogP contribution in [0, 0.1) is 17.8 Å². The lowest BCUT2D eigenvalue weighted by molar-refractivity contribution is 0.0494. The van der Waals surface area contributed by atoms with Crippen molar-refractivity contribution in [3.63, 3.8) is 0 Å². The summed E-state index contributed by atoms with van der Waals surface area (Å²) in [6, 6.07) is 0. The molecule has 1 saturated heterocycles. The Morgan fingerprint density at radius 3 is 2.82 bits per heavy atom. The first-order chi connectivity index (χ1) is 5.27. The standard InChI is InChI=1S/C10H18O/c1-7-3-4-9-8(2)6-11-10(9)5-7/h7-10H,3-6H2,1-2H3/t7-,8+,9+,10+/m1/s1. The predicted octanol–water partition coefficient (Wildman–Crippen LogP) is 2.46. The smallest absolute Gasteiger partial charge is 0.0609 e. The Kier molecular flexibility index (Phi) is 1.92. The maximum Gasteiger partial charge on any atom is 0.0609 e. The van der Waals surface area contributed by atoms with Gasteiger partial charge in [-0.1, -0.05) is 20.3 Å². The van der Waals surface area contributed by atoms with E-state index in [1.807, 2.05) is 0 Å². The molecule has 0 unspecified atom stereocenters. The zero-order valence-corrected chi connectivity index (χ0v) is 7.55. The maximum atomic E-state index is 5.74. The first kappa shape index (κ1) is 7.60. The van der Waals surface area contributed by atoms with E-state index in [0.717, 1.165) is 24.4 Å². The van der Waals surface area contributed by atoms with Gasteiger partial charge in [-0.3, -0.25) is 0 Å². The summed E-state index contributed by atoms with van der Waals surface area (Å²) in [5.74, 6) is 2.63. The molecular formula is C10H18O. The second kappa shape index (κ2) is 2.78. The highest BCUT2D eigenvalue weighted by atomic mass is 16.5. The molecule has 4 atom stereocenters. The summed E-state index contributed by atoms with van der Waals surface area (Å²) >= 11 is 0. The molecule has 1 aliphatic heterocycles. The van der Waals surface area contributed by atoms with Crippen LogP contribution in [0.2, 0.25) is 0 Å². The first-order valence-electron chi connectivity index (χ1n) is 4.89. The van der Waals surface area contributed by atoms with Crippen molar-refractivity contribution in [1.82, 2.24) is 0 Å². The van der Waals surface area contributed by atoms with E-state index in [4.69, 9.17) is 4.74 Å². The third-order valence-corrected chi connectivity index (χ3v) is 3.41. The van der Waals surface area contributed by atoms with Crippen LogP contribution in [-0.2, 0) is 4.74 Å². The molecule has 0 radical (unpaired) electrons. The average Bonchev–Trinajstić information content (AvgIpc) is 2.32. The highest BCUT2D eigenvalue weighted by Crippen LogP contribution is 2.39. The minimum absolute atomic E-state index is 0.619. The normalized spacial score (nSPS) is 50.7. The predicted molar refractivity (Wildman–Crippen MR) is 45.4 cm³/mol. The maximum absolute atomic E-state index is 5.74. The molecule has 2 fully saturated rings. The second-order valence-corrected chi connectivity index (χ2v) is 4.43. The molecule has 2 aliphatic rings. The number of hydrogen-bond donors (Lipinski definition) is 0. The van der Waals surface area contributed by atoms with Crippen LogP contribution in [-0.4, -0.2) is 12.7 Å². The molecule has 1 heteroatoms. The van der Waals surface area contributed by atoms with Gasteiger partial charge >= 0.3 is 0 Å². The largest absolute Gasteiger partial charge is 0.378 e.